The summed E-state index contributed by atoms with van der Waals surface area (Å²) in [7, 11) is -1.48. The molecule has 0 bridgehead atoms. The third kappa shape index (κ3) is 5.33. The Balaban J connectivity index is 2.59. The van der Waals surface area contributed by atoms with E-state index in [1.807, 2.05) is 0 Å². The first-order valence-corrected chi connectivity index (χ1v) is 6.51. The molecule has 3 atom stereocenters. The van der Waals surface area contributed by atoms with Crippen molar-refractivity contribution in [1.29, 1.82) is 0 Å². The van der Waals surface area contributed by atoms with Gasteiger partial charge in [0.2, 0.25) is 5.91 Å². The number of carboxylic acids is 3. The molecule has 1 saturated heterocycles. The molecular formula is C11H16BNO9. The first kappa shape index (κ1) is 17.9. The van der Waals surface area contributed by atoms with E-state index in [2.05, 4.69) is 5.32 Å². The van der Waals surface area contributed by atoms with Gasteiger partial charge >= 0.3 is 25.0 Å². The van der Waals surface area contributed by atoms with E-state index in [1.54, 1.807) is 0 Å². The zero-order chi connectivity index (χ0) is 16.9. The van der Waals surface area contributed by atoms with Crippen molar-refractivity contribution in [2.75, 3.05) is 0 Å². The Labute approximate surface area is 125 Å². The molecule has 1 heterocycles. The van der Waals surface area contributed by atoms with Crippen molar-refractivity contribution in [1.82, 2.24) is 5.32 Å². The number of rotatable bonds is 7. The number of hydrogen-bond donors (Lipinski definition) is 5. The fourth-order valence-electron chi connectivity index (χ4n) is 2.11. The zero-order valence-corrected chi connectivity index (χ0v) is 11.5. The average molecular weight is 317 g/mol. The summed E-state index contributed by atoms with van der Waals surface area (Å²) in [6.07, 6.45) is -1.44. The summed E-state index contributed by atoms with van der Waals surface area (Å²) in [6.45, 7) is 0. The first-order chi connectivity index (χ1) is 10.2. The van der Waals surface area contributed by atoms with Crippen LogP contribution in [-0.2, 0) is 23.8 Å². The van der Waals surface area contributed by atoms with Crippen molar-refractivity contribution >= 4 is 30.9 Å². The molecular weight excluding hydrogens is 301 g/mol. The lowest BCUT2D eigenvalue weighted by molar-refractivity contribution is -0.153. The molecule has 0 aliphatic carbocycles. The van der Waals surface area contributed by atoms with Gasteiger partial charge in [-0.25, -0.2) is 0 Å². The fraction of sp³-hybridized carbons (Fsp3) is 0.636. The lowest BCUT2D eigenvalue weighted by Crippen LogP contribution is -2.54. The summed E-state index contributed by atoms with van der Waals surface area (Å²) >= 11 is 0. The largest absolute Gasteiger partial charge is 0.481 e. The summed E-state index contributed by atoms with van der Waals surface area (Å²) in [5.74, 6) is -7.86. The minimum atomic E-state index is -1.78. The molecule has 1 unspecified atom stereocenters. The molecule has 22 heavy (non-hydrogen) atoms. The Bertz CT molecular complexity index is 468. The maximum absolute atomic E-state index is 11.8. The van der Waals surface area contributed by atoms with Crippen molar-refractivity contribution < 1.29 is 44.2 Å². The van der Waals surface area contributed by atoms with Gasteiger partial charge in [0.25, 0.3) is 0 Å². The molecule has 1 amide bonds. The highest BCUT2D eigenvalue weighted by Gasteiger charge is 2.39. The number of carbonyl (C=O) groups excluding carboxylic acids is 1. The van der Waals surface area contributed by atoms with Crippen molar-refractivity contribution in [3.8, 4) is 0 Å². The maximum atomic E-state index is 11.8. The Hall–Kier alpha value is -2.14. The molecule has 122 valence electrons. The number of nitrogens with one attached hydrogen (secondary N) is 1. The van der Waals surface area contributed by atoms with Crippen LogP contribution in [0.1, 0.15) is 25.7 Å². The van der Waals surface area contributed by atoms with Gasteiger partial charge in [0, 0.05) is 0 Å². The molecule has 0 spiro atoms. The number of amides is 1. The van der Waals surface area contributed by atoms with Gasteiger partial charge in [0.15, 0.2) is 0 Å². The molecule has 10 nitrogen and oxygen atoms in total. The number of carboxylic acid groups (broad SMARTS) is 3. The maximum Gasteiger partial charge on any atom is 0.478 e. The highest BCUT2D eigenvalue weighted by molar-refractivity contribution is 6.45. The van der Waals surface area contributed by atoms with Crippen LogP contribution in [-0.4, -0.2) is 63.3 Å². The molecule has 0 radical (unpaired) electrons. The van der Waals surface area contributed by atoms with E-state index in [-0.39, 0.29) is 19.3 Å². The molecule has 1 fully saturated rings. The summed E-state index contributed by atoms with van der Waals surface area (Å²) < 4.78 is 5.03. The van der Waals surface area contributed by atoms with Gasteiger partial charge < -0.3 is 30.3 Å². The molecule has 1 aliphatic heterocycles. The summed E-state index contributed by atoms with van der Waals surface area (Å²) in [4.78, 5) is 43.8. The van der Waals surface area contributed by atoms with Crippen LogP contribution in [0.15, 0.2) is 0 Å². The number of carbonyl (C=O) groups is 4. The van der Waals surface area contributed by atoms with Crippen molar-refractivity contribution in [3.05, 3.63) is 0 Å². The molecule has 11 heteroatoms. The van der Waals surface area contributed by atoms with Gasteiger partial charge in [0.1, 0.15) is 5.92 Å². The predicted molar refractivity (Wildman–Crippen MR) is 69.6 cm³/mol. The van der Waals surface area contributed by atoms with E-state index >= 15 is 0 Å². The summed E-state index contributed by atoms with van der Waals surface area (Å²) in [6, 6.07) is 0. The van der Waals surface area contributed by atoms with E-state index in [0.717, 1.165) is 0 Å². The SMILES string of the molecule is O=C(O)CC(C(=O)O)C(=O)N[C@H]1CC[C@@H](CC(=O)O)OB1O. The van der Waals surface area contributed by atoms with E-state index in [0.29, 0.717) is 0 Å². The van der Waals surface area contributed by atoms with E-state index in [9.17, 15) is 24.2 Å². The molecule has 0 saturated carbocycles. The van der Waals surface area contributed by atoms with E-state index in [1.165, 1.54) is 0 Å². The van der Waals surface area contributed by atoms with Gasteiger partial charge in [-0.2, -0.15) is 0 Å². The molecule has 5 N–H and O–H groups in total. The standard InChI is InChI=1S/C11H16BNO9/c14-8(15)3-5-1-2-7(12(21)22-5)13-10(18)6(11(19)20)4-9(16)17/h5-7,21H,1-4H2,(H,13,18)(H,14,15)(H,16,17)(H,19,20)/t5-,6?,7-/m0/s1. The van der Waals surface area contributed by atoms with E-state index < -0.39 is 55.3 Å². The van der Waals surface area contributed by atoms with Crippen LogP contribution >= 0.6 is 0 Å². The van der Waals surface area contributed by atoms with Crippen LogP contribution in [0, 0.1) is 5.92 Å². The lowest BCUT2D eigenvalue weighted by atomic mass is 9.72. The Kier molecular flexibility index (Phi) is 6.31. The topological polar surface area (TPSA) is 170 Å². The van der Waals surface area contributed by atoms with Gasteiger partial charge in [-0.05, 0) is 12.8 Å². The van der Waals surface area contributed by atoms with Crippen LogP contribution in [0.4, 0.5) is 0 Å². The monoisotopic (exact) mass is 317 g/mol. The van der Waals surface area contributed by atoms with E-state index in [4.69, 9.17) is 20.0 Å². The third-order valence-electron chi connectivity index (χ3n) is 3.20. The van der Waals surface area contributed by atoms with Crippen LogP contribution in [0.25, 0.3) is 0 Å². The Morgan fingerprint density at radius 1 is 1.14 bits per heavy atom. The number of hydrogen-bond acceptors (Lipinski definition) is 6. The average Bonchev–Trinajstić information content (AvgIpc) is 2.37. The van der Waals surface area contributed by atoms with Gasteiger partial charge in [-0.1, -0.05) is 0 Å². The molecule has 0 aromatic heterocycles. The second-order valence-electron chi connectivity index (χ2n) is 4.93. The first-order valence-electron chi connectivity index (χ1n) is 6.51. The minimum Gasteiger partial charge on any atom is -0.481 e. The van der Waals surface area contributed by atoms with Gasteiger partial charge in [-0.3, -0.25) is 19.2 Å². The normalized spacial score (nSPS) is 22.7. The summed E-state index contributed by atoms with van der Waals surface area (Å²) in [5, 5.41) is 38.0. The smallest absolute Gasteiger partial charge is 0.478 e. The van der Waals surface area contributed by atoms with Crippen molar-refractivity contribution in [2.24, 2.45) is 5.92 Å². The molecule has 0 aromatic carbocycles. The molecule has 1 rings (SSSR count). The quantitative estimate of drug-likeness (QED) is 0.272. The molecule has 1 aliphatic rings. The Morgan fingerprint density at radius 2 is 1.77 bits per heavy atom. The van der Waals surface area contributed by atoms with Crippen LogP contribution < -0.4 is 5.32 Å². The van der Waals surface area contributed by atoms with Gasteiger partial charge in [0.05, 0.1) is 24.9 Å². The summed E-state index contributed by atoms with van der Waals surface area (Å²) in [5.41, 5.74) is 0. The second-order valence-corrected chi connectivity index (χ2v) is 4.93. The predicted octanol–water partition coefficient (Wildman–Crippen LogP) is -1.68. The third-order valence-corrected chi connectivity index (χ3v) is 3.20. The van der Waals surface area contributed by atoms with Crippen LogP contribution in [0.2, 0.25) is 0 Å². The highest BCUT2D eigenvalue weighted by Crippen LogP contribution is 2.19. The lowest BCUT2D eigenvalue weighted by Gasteiger charge is -2.31. The highest BCUT2D eigenvalue weighted by atomic mass is 16.5. The minimum absolute atomic E-state index is 0.185. The molecule has 0 aromatic rings. The fourth-order valence-corrected chi connectivity index (χ4v) is 2.11. The van der Waals surface area contributed by atoms with Crippen molar-refractivity contribution in [3.63, 3.8) is 0 Å². The Morgan fingerprint density at radius 3 is 2.23 bits per heavy atom. The number of aliphatic carboxylic acids is 3. The van der Waals surface area contributed by atoms with Crippen LogP contribution in [0.5, 0.6) is 0 Å². The van der Waals surface area contributed by atoms with Crippen LogP contribution in [0.3, 0.4) is 0 Å². The van der Waals surface area contributed by atoms with Crippen molar-refractivity contribution in [2.45, 2.75) is 37.7 Å². The second kappa shape index (κ2) is 7.75. The zero-order valence-electron chi connectivity index (χ0n) is 11.5. The van der Waals surface area contributed by atoms with Gasteiger partial charge in [-0.15, -0.1) is 0 Å².